The number of benzene rings is 1. The van der Waals surface area contributed by atoms with Crippen molar-refractivity contribution in [3.8, 4) is 16.9 Å². The second-order valence-electron chi connectivity index (χ2n) is 9.90. The van der Waals surface area contributed by atoms with E-state index in [0.29, 0.717) is 16.7 Å². The first-order chi connectivity index (χ1) is 17.0. The minimum absolute atomic E-state index is 0.00964. The van der Waals surface area contributed by atoms with Crippen LogP contribution in [0.15, 0.2) is 30.9 Å². The van der Waals surface area contributed by atoms with Gasteiger partial charge in [-0.25, -0.2) is 9.97 Å². The van der Waals surface area contributed by atoms with Crippen LogP contribution in [-0.4, -0.2) is 79.9 Å². The first kappa shape index (κ1) is 23.9. The molecule has 36 heavy (non-hydrogen) atoms. The molecule has 1 heterocycles. The Hall–Kier alpha value is -3.83. The van der Waals surface area contributed by atoms with Crippen LogP contribution in [0.4, 0.5) is 0 Å². The van der Waals surface area contributed by atoms with Gasteiger partial charge in [-0.1, -0.05) is 6.07 Å². The van der Waals surface area contributed by atoms with E-state index in [1.807, 2.05) is 0 Å². The van der Waals surface area contributed by atoms with Crippen LogP contribution in [0.25, 0.3) is 11.1 Å². The maximum Gasteiger partial charge on any atom is 0.235 e. The molecule has 1 aromatic carbocycles. The zero-order valence-electron chi connectivity index (χ0n) is 19.5. The van der Waals surface area contributed by atoms with E-state index in [1.54, 1.807) is 32.6 Å². The van der Waals surface area contributed by atoms with Crippen LogP contribution in [-0.2, 0) is 25.6 Å². The highest BCUT2D eigenvalue weighted by atomic mass is 16.3. The van der Waals surface area contributed by atoms with Crippen LogP contribution in [0.1, 0.15) is 22.3 Å². The van der Waals surface area contributed by atoms with Crippen LogP contribution in [0.2, 0.25) is 0 Å². The fourth-order valence-electron chi connectivity index (χ4n) is 6.31. The number of rotatable bonds is 3. The van der Waals surface area contributed by atoms with Crippen LogP contribution >= 0.6 is 0 Å². The summed E-state index contributed by atoms with van der Waals surface area (Å²) >= 11 is 0. The molecule has 0 bridgehead atoms. The molecule has 2 fully saturated rings. The van der Waals surface area contributed by atoms with Crippen molar-refractivity contribution in [1.29, 1.82) is 0 Å². The number of aromatic hydroxyl groups is 1. The number of fused-ring (bicyclic) bond motifs is 3. The van der Waals surface area contributed by atoms with Gasteiger partial charge in [0.2, 0.25) is 5.91 Å². The van der Waals surface area contributed by atoms with Crippen molar-refractivity contribution in [2.24, 2.45) is 29.4 Å². The Morgan fingerprint density at radius 1 is 1.11 bits per heavy atom. The first-order valence-electron chi connectivity index (χ1n) is 11.4. The largest absolute Gasteiger partial charge is 0.507 e. The third kappa shape index (κ3) is 3.09. The number of hydrogen-bond acceptors (Lipinski definition) is 10. The van der Waals surface area contributed by atoms with Crippen molar-refractivity contribution in [3.05, 3.63) is 42.0 Å². The van der Waals surface area contributed by atoms with Gasteiger partial charge in [-0.15, -0.1) is 0 Å². The molecule has 2 saturated carbocycles. The maximum absolute atomic E-state index is 13.8. The number of ketones is 4. The minimum atomic E-state index is -2.74. The summed E-state index contributed by atoms with van der Waals surface area (Å²) in [5.41, 5.74) is 4.23. The highest BCUT2D eigenvalue weighted by Gasteiger charge is 2.69. The smallest absolute Gasteiger partial charge is 0.235 e. The molecule has 0 aliphatic heterocycles. The van der Waals surface area contributed by atoms with E-state index in [0.717, 1.165) is 0 Å². The van der Waals surface area contributed by atoms with Crippen molar-refractivity contribution in [2.75, 3.05) is 14.1 Å². The number of nitrogens with zero attached hydrogens (tertiary/aromatic N) is 3. The van der Waals surface area contributed by atoms with Crippen molar-refractivity contribution >= 4 is 29.0 Å². The Kier molecular flexibility index (Phi) is 5.38. The highest BCUT2D eigenvalue weighted by molar-refractivity contribution is 6.32. The molecule has 3 aliphatic carbocycles. The van der Waals surface area contributed by atoms with Crippen molar-refractivity contribution in [1.82, 2.24) is 14.9 Å². The summed E-state index contributed by atoms with van der Waals surface area (Å²) in [7, 11) is 3.08. The van der Waals surface area contributed by atoms with Crippen molar-refractivity contribution in [2.45, 2.75) is 24.5 Å². The molecular formula is C25H24N4O7. The molecule has 5 rings (SSSR count). The average Bonchev–Trinajstić information content (AvgIpc) is 2.81. The second-order valence-corrected chi connectivity index (χ2v) is 9.90. The predicted molar refractivity (Wildman–Crippen MR) is 122 cm³/mol. The van der Waals surface area contributed by atoms with Gasteiger partial charge in [-0.05, 0) is 50.0 Å². The van der Waals surface area contributed by atoms with Gasteiger partial charge in [0, 0.05) is 23.9 Å². The average molecular weight is 492 g/mol. The Bertz CT molecular complexity index is 1340. The summed E-state index contributed by atoms with van der Waals surface area (Å²) in [6.45, 7) is 0. The lowest BCUT2D eigenvalue weighted by atomic mass is 9.52. The summed E-state index contributed by atoms with van der Waals surface area (Å²) in [5.74, 6) is -10.7. The highest BCUT2D eigenvalue weighted by Crippen LogP contribution is 2.51. The summed E-state index contributed by atoms with van der Waals surface area (Å²) in [6, 6.07) is 1.83. The molecular weight excluding hydrogens is 468 g/mol. The lowest BCUT2D eigenvalue weighted by Crippen LogP contribution is -2.74. The Balaban J connectivity index is 1.66. The van der Waals surface area contributed by atoms with E-state index in [1.165, 1.54) is 17.3 Å². The number of primary amides is 1. The monoisotopic (exact) mass is 492 g/mol. The molecule has 11 nitrogen and oxygen atoms in total. The summed E-state index contributed by atoms with van der Waals surface area (Å²) in [4.78, 5) is 75.3. The van der Waals surface area contributed by atoms with Crippen molar-refractivity contribution < 1.29 is 34.2 Å². The zero-order valence-corrected chi connectivity index (χ0v) is 19.5. The summed E-state index contributed by atoms with van der Waals surface area (Å²) in [5, 5.41) is 22.2. The Morgan fingerprint density at radius 3 is 2.39 bits per heavy atom. The van der Waals surface area contributed by atoms with Gasteiger partial charge in [0.05, 0.1) is 17.5 Å². The van der Waals surface area contributed by atoms with Gasteiger partial charge in [0.15, 0.2) is 34.7 Å². The van der Waals surface area contributed by atoms with Crippen LogP contribution in [0, 0.1) is 23.7 Å². The third-order valence-electron chi connectivity index (χ3n) is 7.82. The molecule has 11 heteroatoms. The fraction of sp³-hybridized carbons (Fsp3) is 0.400. The van der Waals surface area contributed by atoms with Gasteiger partial charge in [0.1, 0.15) is 12.1 Å². The van der Waals surface area contributed by atoms with Gasteiger partial charge in [-0.2, -0.15) is 0 Å². The molecule has 6 atom stereocenters. The number of Topliss-reactive ketones (excluding diaryl/α,β-unsaturated/α-hetero) is 4. The van der Waals surface area contributed by atoms with Gasteiger partial charge >= 0.3 is 0 Å². The summed E-state index contributed by atoms with van der Waals surface area (Å²) < 4.78 is 0. The third-order valence-corrected chi connectivity index (χ3v) is 7.82. The van der Waals surface area contributed by atoms with E-state index < -0.39 is 64.4 Å². The molecule has 0 radical (unpaired) electrons. The molecule has 0 spiro atoms. The van der Waals surface area contributed by atoms with Gasteiger partial charge < -0.3 is 15.9 Å². The molecule has 2 unspecified atom stereocenters. The van der Waals surface area contributed by atoms with E-state index >= 15 is 0 Å². The lowest BCUT2D eigenvalue weighted by molar-refractivity contribution is -0.181. The number of amides is 1. The topological polar surface area (TPSA) is 181 Å². The number of carbonyl (C=O) groups excluding carboxylic acids is 5. The SMILES string of the molecule is CN(C)[C@@H]1C(=O)C(C(N)=O)C(=O)[C@@]2(O)C(=O)C3C(=O)c4c(O)ccc(-c5cncnc5)c4C[C@H]3C[C@@H]12. The molecule has 4 N–H and O–H groups in total. The zero-order chi connectivity index (χ0) is 26.1. The molecule has 1 amide bonds. The number of hydrogen-bond donors (Lipinski definition) is 3. The second kappa shape index (κ2) is 8.10. The standard InChI is InChI=1S/C25H24N4O7/c1-29(2)19-14-6-10-5-13-12(11-7-27-9-28-8-11)3-4-15(30)17(13)20(31)16(10)22(33)25(14,36)23(34)18(21(19)32)24(26)35/h3-4,7-10,14,16,18-19,30,36H,5-6H2,1-2H3,(H2,26,35)/t10-,14-,16?,18?,19-,25-/m0/s1. The summed E-state index contributed by atoms with van der Waals surface area (Å²) in [6.07, 6.45) is 4.64. The van der Waals surface area contributed by atoms with Crippen molar-refractivity contribution in [3.63, 3.8) is 0 Å². The predicted octanol–water partition coefficient (Wildman–Crippen LogP) is -0.676. The first-order valence-corrected chi connectivity index (χ1v) is 11.4. The minimum Gasteiger partial charge on any atom is -0.507 e. The normalized spacial score (nSPS) is 31.6. The van der Waals surface area contributed by atoms with Crippen LogP contribution in [0.3, 0.4) is 0 Å². The molecule has 1 aromatic heterocycles. The Labute approximate surface area is 205 Å². The Morgan fingerprint density at radius 2 is 1.78 bits per heavy atom. The van der Waals surface area contributed by atoms with E-state index in [-0.39, 0.29) is 24.2 Å². The van der Waals surface area contributed by atoms with E-state index in [4.69, 9.17) is 5.73 Å². The number of likely N-dealkylation sites (N-methyl/N-ethyl adjacent to an activating group) is 1. The van der Waals surface area contributed by atoms with E-state index in [9.17, 15) is 34.2 Å². The lowest BCUT2D eigenvalue weighted by Gasteiger charge is -2.52. The number of aliphatic hydroxyl groups is 1. The van der Waals surface area contributed by atoms with Crippen LogP contribution < -0.4 is 5.73 Å². The van der Waals surface area contributed by atoms with Crippen LogP contribution in [0.5, 0.6) is 5.75 Å². The number of phenolic OH excluding ortho intramolecular Hbond substituents is 1. The van der Waals surface area contributed by atoms with E-state index in [2.05, 4.69) is 9.97 Å². The van der Waals surface area contributed by atoms with Gasteiger partial charge in [-0.3, -0.25) is 28.9 Å². The molecule has 0 saturated heterocycles. The molecule has 186 valence electrons. The fourth-order valence-corrected chi connectivity index (χ4v) is 6.31. The van der Waals surface area contributed by atoms with Gasteiger partial charge in [0.25, 0.3) is 0 Å². The number of phenols is 1. The number of aromatic nitrogens is 2. The quantitative estimate of drug-likeness (QED) is 0.465. The molecule has 2 aromatic rings. The molecule has 3 aliphatic rings. The number of nitrogens with two attached hydrogens (primary N) is 1. The number of carbonyl (C=O) groups is 5. The maximum atomic E-state index is 13.8.